The maximum absolute atomic E-state index is 6.17. The van der Waals surface area contributed by atoms with Gasteiger partial charge in [0.15, 0.2) is 0 Å². The minimum atomic E-state index is -0.302. The fourth-order valence-electron chi connectivity index (χ4n) is 3.53. The monoisotopic (exact) mass is 330 g/mol. The Morgan fingerprint density at radius 1 is 0.958 bits per heavy atom. The largest absolute Gasteiger partial charge is 0.494 e. The Morgan fingerprint density at radius 3 is 2.00 bits per heavy atom. The molecule has 0 aromatic heterocycles. The molecule has 2 fully saturated rings. The summed E-state index contributed by atoms with van der Waals surface area (Å²) in [5.41, 5.74) is 0.450. The Balaban J connectivity index is 1.59. The molecule has 0 N–H and O–H groups in total. The molecular weight excluding hydrogens is 299 g/mol. The molecule has 1 aromatic carbocycles. The molecule has 0 bridgehead atoms. The molecule has 4 heteroatoms. The predicted molar refractivity (Wildman–Crippen MR) is 98.8 cm³/mol. The molecule has 3 rings (SSSR count). The highest BCUT2D eigenvalue weighted by molar-refractivity contribution is 6.62. The number of benzene rings is 1. The average molecular weight is 330 g/mol. The Hall–Kier alpha value is -0.995. The third kappa shape index (κ3) is 3.65. The summed E-state index contributed by atoms with van der Waals surface area (Å²) in [6, 6.07) is 8.23. The van der Waals surface area contributed by atoms with Crippen LogP contribution in [-0.4, -0.2) is 24.4 Å². The van der Waals surface area contributed by atoms with Gasteiger partial charge in [0.2, 0.25) is 0 Å². The van der Waals surface area contributed by atoms with Crippen LogP contribution < -0.4 is 10.2 Å². The van der Waals surface area contributed by atoms with E-state index in [1.54, 1.807) is 0 Å². The second kappa shape index (κ2) is 6.72. The first-order valence-corrected chi connectivity index (χ1v) is 9.43. The summed E-state index contributed by atoms with van der Waals surface area (Å²) in [6.45, 7) is 10.6. The third-order valence-corrected chi connectivity index (χ3v) is 6.08. The van der Waals surface area contributed by atoms with E-state index in [1.807, 2.05) is 12.1 Å². The number of hydrogen-bond donors (Lipinski definition) is 0. The minimum absolute atomic E-state index is 0.301. The van der Waals surface area contributed by atoms with Crippen LogP contribution >= 0.6 is 0 Å². The van der Waals surface area contributed by atoms with E-state index in [1.165, 1.54) is 32.1 Å². The average Bonchev–Trinajstić information content (AvgIpc) is 2.77. The van der Waals surface area contributed by atoms with Gasteiger partial charge < -0.3 is 14.0 Å². The summed E-state index contributed by atoms with van der Waals surface area (Å²) in [6.07, 6.45) is 6.63. The van der Waals surface area contributed by atoms with Crippen LogP contribution in [0.25, 0.3) is 0 Å². The van der Waals surface area contributed by atoms with Crippen LogP contribution in [0.2, 0.25) is 0 Å². The Labute approximate surface area is 147 Å². The van der Waals surface area contributed by atoms with Crippen molar-refractivity contribution in [3.63, 3.8) is 0 Å². The first-order valence-electron chi connectivity index (χ1n) is 9.43. The maximum Gasteiger partial charge on any atom is 0.494 e. The summed E-state index contributed by atoms with van der Waals surface area (Å²) in [7, 11) is -0.302. The second-order valence-electron chi connectivity index (χ2n) is 8.33. The SMILES string of the molecule is CC[C@H]1CC[C@@H](Oc2ccc(B3OC(C)(C)C(C)(C)O3)cc2)CC1. The molecular formula is C20H31BO3. The van der Waals surface area contributed by atoms with E-state index in [-0.39, 0.29) is 18.3 Å². The van der Waals surface area contributed by atoms with Gasteiger partial charge in [-0.05, 0) is 76.9 Å². The van der Waals surface area contributed by atoms with Gasteiger partial charge in [0.1, 0.15) is 5.75 Å². The number of ether oxygens (including phenoxy) is 1. The molecule has 1 aromatic rings. The lowest BCUT2D eigenvalue weighted by Crippen LogP contribution is -2.41. The van der Waals surface area contributed by atoms with E-state index in [0.717, 1.165) is 17.1 Å². The Morgan fingerprint density at radius 2 is 1.50 bits per heavy atom. The standard InChI is InChI=1S/C20H31BO3/c1-6-15-7-11-17(12-8-15)22-18-13-9-16(10-14-18)21-23-19(2,3)20(4,5)24-21/h9-10,13-15,17H,6-8,11-12H2,1-5H3/t15-,17+. The summed E-state index contributed by atoms with van der Waals surface area (Å²) >= 11 is 0. The maximum atomic E-state index is 6.17. The van der Waals surface area contributed by atoms with Crippen molar-refractivity contribution < 1.29 is 14.0 Å². The molecule has 2 aliphatic rings. The summed E-state index contributed by atoms with van der Waals surface area (Å²) in [4.78, 5) is 0. The smallest absolute Gasteiger partial charge is 0.490 e. The number of hydrogen-bond acceptors (Lipinski definition) is 3. The van der Waals surface area contributed by atoms with Crippen LogP contribution in [0.3, 0.4) is 0 Å². The molecule has 0 amide bonds. The van der Waals surface area contributed by atoms with Gasteiger partial charge in [-0.2, -0.15) is 0 Å². The van der Waals surface area contributed by atoms with E-state index >= 15 is 0 Å². The van der Waals surface area contributed by atoms with Crippen molar-refractivity contribution in [3.8, 4) is 5.75 Å². The molecule has 0 unspecified atom stereocenters. The zero-order valence-electron chi connectivity index (χ0n) is 15.8. The molecule has 3 nitrogen and oxygen atoms in total. The Kier molecular flexibility index (Phi) is 4.99. The minimum Gasteiger partial charge on any atom is -0.490 e. The van der Waals surface area contributed by atoms with Crippen LogP contribution in [-0.2, 0) is 9.31 Å². The van der Waals surface area contributed by atoms with Crippen molar-refractivity contribution in [2.45, 2.75) is 84.0 Å². The van der Waals surface area contributed by atoms with Crippen LogP contribution in [0.15, 0.2) is 24.3 Å². The van der Waals surface area contributed by atoms with Gasteiger partial charge in [-0.3, -0.25) is 0 Å². The highest BCUT2D eigenvalue weighted by Crippen LogP contribution is 2.36. The summed E-state index contributed by atoms with van der Waals surface area (Å²) in [5, 5.41) is 0. The fraction of sp³-hybridized carbons (Fsp3) is 0.700. The topological polar surface area (TPSA) is 27.7 Å². The summed E-state index contributed by atoms with van der Waals surface area (Å²) < 4.78 is 18.4. The molecule has 0 radical (unpaired) electrons. The van der Waals surface area contributed by atoms with Gasteiger partial charge in [0.25, 0.3) is 0 Å². The first kappa shape index (κ1) is 17.8. The molecule has 1 aliphatic carbocycles. The molecule has 0 spiro atoms. The fourth-order valence-corrected chi connectivity index (χ4v) is 3.53. The summed E-state index contributed by atoms with van der Waals surface area (Å²) in [5.74, 6) is 1.85. The van der Waals surface area contributed by atoms with E-state index in [2.05, 4.69) is 46.8 Å². The molecule has 1 heterocycles. The van der Waals surface area contributed by atoms with Crippen LogP contribution in [0.4, 0.5) is 0 Å². The van der Waals surface area contributed by atoms with E-state index in [9.17, 15) is 0 Å². The normalized spacial score (nSPS) is 28.8. The zero-order valence-corrected chi connectivity index (χ0v) is 15.8. The van der Waals surface area contributed by atoms with Gasteiger partial charge in [0, 0.05) is 0 Å². The lowest BCUT2D eigenvalue weighted by molar-refractivity contribution is 0.00578. The van der Waals surface area contributed by atoms with Gasteiger partial charge in [-0.1, -0.05) is 25.5 Å². The first-order chi connectivity index (χ1) is 11.3. The van der Waals surface area contributed by atoms with Crippen molar-refractivity contribution >= 4 is 12.6 Å². The van der Waals surface area contributed by atoms with Gasteiger partial charge in [0.05, 0.1) is 17.3 Å². The van der Waals surface area contributed by atoms with Gasteiger partial charge in [-0.15, -0.1) is 0 Å². The van der Waals surface area contributed by atoms with Gasteiger partial charge >= 0.3 is 7.12 Å². The van der Waals surface area contributed by atoms with E-state index in [4.69, 9.17) is 14.0 Å². The van der Waals surface area contributed by atoms with Crippen LogP contribution in [0.5, 0.6) is 5.75 Å². The van der Waals surface area contributed by atoms with Crippen molar-refractivity contribution in [1.29, 1.82) is 0 Å². The molecule has 1 aliphatic heterocycles. The van der Waals surface area contributed by atoms with Crippen molar-refractivity contribution in [2.75, 3.05) is 0 Å². The van der Waals surface area contributed by atoms with Crippen molar-refractivity contribution in [1.82, 2.24) is 0 Å². The van der Waals surface area contributed by atoms with Gasteiger partial charge in [-0.25, -0.2) is 0 Å². The second-order valence-corrected chi connectivity index (χ2v) is 8.33. The van der Waals surface area contributed by atoms with E-state index < -0.39 is 0 Å². The quantitative estimate of drug-likeness (QED) is 0.769. The molecule has 132 valence electrons. The van der Waals surface area contributed by atoms with Crippen molar-refractivity contribution in [3.05, 3.63) is 24.3 Å². The van der Waals surface area contributed by atoms with Crippen LogP contribution in [0.1, 0.15) is 66.7 Å². The highest BCUT2D eigenvalue weighted by Gasteiger charge is 2.51. The zero-order chi connectivity index (χ0) is 17.4. The highest BCUT2D eigenvalue weighted by atomic mass is 16.7. The number of rotatable bonds is 4. The van der Waals surface area contributed by atoms with Crippen LogP contribution in [0, 0.1) is 5.92 Å². The predicted octanol–water partition coefficient (Wildman–Crippen LogP) is 4.33. The van der Waals surface area contributed by atoms with Crippen molar-refractivity contribution in [2.24, 2.45) is 5.92 Å². The Bertz CT molecular complexity index is 529. The molecule has 1 saturated heterocycles. The third-order valence-electron chi connectivity index (χ3n) is 6.08. The van der Waals surface area contributed by atoms with E-state index in [0.29, 0.717) is 6.10 Å². The molecule has 0 atom stereocenters. The molecule has 24 heavy (non-hydrogen) atoms. The lowest BCUT2D eigenvalue weighted by Gasteiger charge is -2.32. The molecule has 1 saturated carbocycles. The lowest BCUT2D eigenvalue weighted by atomic mass is 9.79.